The van der Waals surface area contributed by atoms with Crippen molar-refractivity contribution in [2.24, 2.45) is 5.92 Å². The first-order valence-electron chi connectivity index (χ1n) is 6.39. The van der Waals surface area contributed by atoms with Crippen LogP contribution in [0, 0.1) is 5.92 Å². The quantitative estimate of drug-likeness (QED) is 0.778. The molecule has 0 spiro atoms. The third-order valence-corrected chi connectivity index (χ3v) is 4.00. The summed E-state index contributed by atoms with van der Waals surface area (Å²) in [6, 6.07) is 0. The zero-order valence-electron chi connectivity index (χ0n) is 11.1. The number of aliphatic hydroxyl groups excluding tert-OH is 1. The van der Waals surface area contributed by atoms with E-state index < -0.39 is 11.7 Å². The predicted molar refractivity (Wildman–Crippen MR) is 66.8 cm³/mol. The van der Waals surface area contributed by atoms with Gasteiger partial charge in [-0.15, -0.1) is 0 Å². The summed E-state index contributed by atoms with van der Waals surface area (Å²) in [5, 5.41) is 20.4. The van der Waals surface area contributed by atoms with E-state index in [1.54, 1.807) is 0 Å². The molecule has 0 saturated carbocycles. The Kier molecular flexibility index (Phi) is 3.34. The topological polar surface area (TPSA) is 66.8 Å². The van der Waals surface area contributed by atoms with E-state index >= 15 is 0 Å². The van der Waals surface area contributed by atoms with E-state index in [1.807, 2.05) is 13.8 Å². The van der Waals surface area contributed by atoms with E-state index in [2.05, 4.69) is 6.92 Å². The molecule has 0 radical (unpaired) electrons. The number of rotatable bonds is 2. The summed E-state index contributed by atoms with van der Waals surface area (Å²) in [5.41, 5.74) is -0.132. The standard InChI is InChI=1S/C14H20O4/c1-4-8(2)13-9(3)11-5-10(15)6-12(16)14(11,17)7-18-13/h5,8,12,16-17H,4,6-7H2,1-3H3. The lowest BCUT2D eigenvalue weighted by Crippen LogP contribution is -2.53. The zero-order chi connectivity index (χ0) is 13.5. The van der Waals surface area contributed by atoms with Crippen LogP contribution in [-0.4, -0.2) is 34.3 Å². The minimum atomic E-state index is -1.44. The van der Waals surface area contributed by atoms with Crippen molar-refractivity contribution in [3.05, 3.63) is 23.0 Å². The number of carbonyl (C=O) groups excluding carboxylic acids is 1. The number of ether oxygens (including phenoxy) is 1. The summed E-state index contributed by atoms with van der Waals surface area (Å²) in [6.45, 7) is 5.96. The van der Waals surface area contributed by atoms with Gasteiger partial charge in [-0.25, -0.2) is 0 Å². The molecule has 1 aliphatic heterocycles. The molecule has 0 saturated heterocycles. The van der Waals surface area contributed by atoms with Crippen LogP contribution in [-0.2, 0) is 9.53 Å². The highest BCUT2D eigenvalue weighted by molar-refractivity contribution is 5.93. The van der Waals surface area contributed by atoms with E-state index in [0.717, 1.165) is 17.8 Å². The van der Waals surface area contributed by atoms with Gasteiger partial charge in [0.2, 0.25) is 0 Å². The van der Waals surface area contributed by atoms with Gasteiger partial charge in [0.15, 0.2) is 11.4 Å². The maximum Gasteiger partial charge on any atom is 0.158 e. The first kappa shape index (κ1) is 13.3. The van der Waals surface area contributed by atoms with Gasteiger partial charge in [0, 0.05) is 12.3 Å². The fourth-order valence-corrected chi connectivity index (χ4v) is 2.62. The summed E-state index contributed by atoms with van der Waals surface area (Å²) in [7, 11) is 0. The predicted octanol–water partition coefficient (Wildman–Crippen LogP) is 1.33. The molecular weight excluding hydrogens is 232 g/mol. The molecule has 3 atom stereocenters. The van der Waals surface area contributed by atoms with Crippen LogP contribution in [0.5, 0.6) is 0 Å². The van der Waals surface area contributed by atoms with Crippen LogP contribution in [0.15, 0.2) is 23.0 Å². The molecular formula is C14H20O4. The van der Waals surface area contributed by atoms with Crippen LogP contribution < -0.4 is 0 Å². The maximum atomic E-state index is 11.6. The lowest BCUT2D eigenvalue weighted by atomic mass is 9.75. The number of fused-ring (bicyclic) bond motifs is 1. The average Bonchev–Trinajstić information content (AvgIpc) is 2.32. The highest BCUT2D eigenvalue weighted by Crippen LogP contribution is 2.40. The molecule has 0 fully saturated rings. The van der Waals surface area contributed by atoms with Crippen molar-refractivity contribution in [2.75, 3.05) is 6.61 Å². The Hall–Kier alpha value is -1.13. The highest BCUT2D eigenvalue weighted by Gasteiger charge is 2.48. The zero-order valence-corrected chi connectivity index (χ0v) is 11.1. The van der Waals surface area contributed by atoms with Gasteiger partial charge in [0.05, 0.1) is 6.10 Å². The minimum absolute atomic E-state index is 0.0181. The molecule has 18 heavy (non-hydrogen) atoms. The van der Waals surface area contributed by atoms with Crippen molar-refractivity contribution in [3.63, 3.8) is 0 Å². The molecule has 3 unspecified atom stereocenters. The Morgan fingerprint density at radius 3 is 2.89 bits per heavy atom. The van der Waals surface area contributed by atoms with Crippen LogP contribution in [0.1, 0.15) is 33.6 Å². The van der Waals surface area contributed by atoms with Gasteiger partial charge >= 0.3 is 0 Å². The highest BCUT2D eigenvalue weighted by atomic mass is 16.5. The van der Waals surface area contributed by atoms with Crippen molar-refractivity contribution < 1.29 is 19.7 Å². The van der Waals surface area contributed by atoms with Crippen LogP contribution >= 0.6 is 0 Å². The Bertz CT molecular complexity index is 435. The fourth-order valence-electron chi connectivity index (χ4n) is 2.62. The summed E-state index contributed by atoms with van der Waals surface area (Å²) in [5.74, 6) is 0.909. The van der Waals surface area contributed by atoms with Gasteiger partial charge in [-0.05, 0) is 30.6 Å². The van der Waals surface area contributed by atoms with Gasteiger partial charge in [0.1, 0.15) is 12.4 Å². The molecule has 0 aromatic rings. The second kappa shape index (κ2) is 4.52. The summed E-state index contributed by atoms with van der Waals surface area (Å²) in [6.07, 6.45) is 1.25. The van der Waals surface area contributed by atoms with E-state index in [9.17, 15) is 15.0 Å². The molecule has 4 heteroatoms. The molecule has 1 aliphatic carbocycles. The first-order valence-corrected chi connectivity index (χ1v) is 6.39. The molecule has 0 amide bonds. The van der Waals surface area contributed by atoms with E-state index in [4.69, 9.17) is 4.74 Å². The Morgan fingerprint density at radius 2 is 2.28 bits per heavy atom. The van der Waals surface area contributed by atoms with Gasteiger partial charge in [-0.2, -0.15) is 0 Å². The summed E-state index contributed by atoms with van der Waals surface area (Å²) in [4.78, 5) is 11.6. The molecule has 2 rings (SSSR count). The molecule has 2 N–H and O–H groups in total. The number of hydrogen-bond donors (Lipinski definition) is 2. The Labute approximate surface area is 107 Å². The molecule has 4 nitrogen and oxygen atoms in total. The van der Waals surface area contributed by atoms with E-state index in [1.165, 1.54) is 6.08 Å². The van der Waals surface area contributed by atoms with Crippen molar-refractivity contribution in [2.45, 2.75) is 45.3 Å². The lowest BCUT2D eigenvalue weighted by molar-refractivity contribution is -0.130. The minimum Gasteiger partial charge on any atom is -0.494 e. The van der Waals surface area contributed by atoms with Gasteiger partial charge < -0.3 is 14.9 Å². The number of aliphatic hydroxyl groups is 2. The molecule has 0 bridgehead atoms. The maximum absolute atomic E-state index is 11.6. The molecule has 0 aromatic carbocycles. The number of carbonyl (C=O) groups is 1. The van der Waals surface area contributed by atoms with Crippen molar-refractivity contribution in [3.8, 4) is 0 Å². The SMILES string of the molecule is CCC(C)C1=C(C)C2=CC(=O)CC(O)C2(O)CO1. The first-order chi connectivity index (χ1) is 8.40. The van der Waals surface area contributed by atoms with Gasteiger partial charge in [-0.1, -0.05) is 13.8 Å². The second-order valence-electron chi connectivity index (χ2n) is 5.26. The van der Waals surface area contributed by atoms with E-state index in [0.29, 0.717) is 5.57 Å². The third-order valence-electron chi connectivity index (χ3n) is 4.00. The van der Waals surface area contributed by atoms with Crippen LogP contribution in [0.4, 0.5) is 0 Å². The third kappa shape index (κ3) is 1.89. The van der Waals surface area contributed by atoms with Crippen LogP contribution in [0.2, 0.25) is 0 Å². The Balaban J connectivity index is 2.49. The molecule has 0 aromatic heterocycles. The molecule has 100 valence electrons. The summed E-state index contributed by atoms with van der Waals surface area (Å²) < 4.78 is 5.64. The fraction of sp³-hybridized carbons (Fsp3) is 0.643. The average molecular weight is 252 g/mol. The smallest absolute Gasteiger partial charge is 0.158 e. The van der Waals surface area contributed by atoms with Crippen LogP contribution in [0.25, 0.3) is 0 Å². The Morgan fingerprint density at radius 1 is 1.61 bits per heavy atom. The number of ketones is 1. The van der Waals surface area contributed by atoms with Crippen LogP contribution in [0.3, 0.4) is 0 Å². The normalized spacial score (nSPS) is 33.7. The van der Waals surface area contributed by atoms with Crippen molar-refractivity contribution in [1.29, 1.82) is 0 Å². The van der Waals surface area contributed by atoms with Crippen molar-refractivity contribution in [1.82, 2.24) is 0 Å². The largest absolute Gasteiger partial charge is 0.494 e. The molecule has 1 heterocycles. The van der Waals surface area contributed by atoms with E-state index in [-0.39, 0.29) is 24.7 Å². The number of hydrogen-bond acceptors (Lipinski definition) is 4. The monoisotopic (exact) mass is 252 g/mol. The molecule has 2 aliphatic rings. The second-order valence-corrected chi connectivity index (χ2v) is 5.26. The lowest BCUT2D eigenvalue weighted by Gasteiger charge is -2.42. The van der Waals surface area contributed by atoms with Gasteiger partial charge in [-0.3, -0.25) is 4.79 Å². The number of allylic oxidation sites excluding steroid dienone is 2. The van der Waals surface area contributed by atoms with Gasteiger partial charge in [0.25, 0.3) is 0 Å². The van der Waals surface area contributed by atoms with Crippen molar-refractivity contribution >= 4 is 5.78 Å². The summed E-state index contributed by atoms with van der Waals surface area (Å²) >= 11 is 0.